The van der Waals surface area contributed by atoms with Crippen molar-refractivity contribution in [3.63, 3.8) is 0 Å². The molecular weight excluding hydrogens is 391 g/mol. The van der Waals surface area contributed by atoms with Crippen LogP contribution in [-0.4, -0.2) is 21.1 Å². The van der Waals surface area contributed by atoms with E-state index < -0.39 is 16.2 Å². The van der Waals surface area contributed by atoms with Crippen LogP contribution in [0.2, 0.25) is 0 Å². The molecule has 0 saturated heterocycles. The van der Waals surface area contributed by atoms with Crippen LogP contribution in [-0.2, 0) is 20.7 Å². The fraction of sp³-hybridized carbons (Fsp3) is 0.217. The minimum atomic E-state index is -3.90. The van der Waals surface area contributed by atoms with Gasteiger partial charge in [0.25, 0.3) is 10.1 Å². The molecule has 4 nitrogen and oxygen atoms in total. The van der Waals surface area contributed by atoms with E-state index in [4.69, 9.17) is 8.92 Å². The molecular formula is C23H21FO4S. The van der Waals surface area contributed by atoms with E-state index in [2.05, 4.69) is 0 Å². The Morgan fingerprint density at radius 2 is 1.72 bits per heavy atom. The number of fused-ring (bicyclic) bond motifs is 1. The van der Waals surface area contributed by atoms with E-state index in [0.717, 1.165) is 22.3 Å². The Bertz CT molecular complexity index is 1150. The van der Waals surface area contributed by atoms with Gasteiger partial charge in [-0.3, -0.25) is 4.18 Å². The van der Waals surface area contributed by atoms with Gasteiger partial charge < -0.3 is 4.74 Å². The van der Waals surface area contributed by atoms with Crippen LogP contribution in [0.5, 0.6) is 5.75 Å². The van der Waals surface area contributed by atoms with Crippen LogP contribution in [0, 0.1) is 19.7 Å². The second-order valence-electron chi connectivity index (χ2n) is 7.21. The molecule has 1 atom stereocenters. The monoisotopic (exact) mass is 412 g/mol. The molecule has 0 fully saturated rings. The Morgan fingerprint density at radius 3 is 2.45 bits per heavy atom. The third-order valence-electron chi connectivity index (χ3n) is 5.07. The summed E-state index contributed by atoms with van der Waals surface area (Å²) in [5.41, 5.74) is 4.21. The number of halogens is 1. The van der Waals surface area contributed by atoms with Gasteiger partial charge in [-0.2, -0.15) is 8.42 Å². The van der Waals surface area contributed by atoms with Crippen LogP contribution in [0.1, 0.15) is 16.7 Å². The zero-order chi connectivity index (χ0) is 20.6. The molecule has 0 aromatic heterocycles. The number of benzene rings is 3. The average Bonchev–Trinajstić information content (AvgIpc) is 3.13. The minimum absolute atomic E-state index is 0.0883. The van der Waals surface area contributed by atoms with Crippen molar-refractivity contribution in [3.8, 4) is 16.9 Å². The molecule has 0 bridgehead atoms. The van der Waals surface area contributed by atoms with E-state index in [1.807, 2.05) is 38.1 Å². The third kappa shape index (κ3) is 3.91. The quantitative estimate of drug-likeness (QED) is 0.564. The SMILES string of the molecule is Cc1ccc(S(=O)(=O)OCC2Cc3c(F)ccc(-c4ccccc4C)c3O2)cc1. The number of rotatable bonds is 5. The third-order valence-corrected chi connectivity index (χ3v) is 6.37. The average molecular weight is 412 g/mol. The lowest BCUT2D eigenvalue weighted by Gasteiger charge is -2.14. The van der Waals surface area contributed by atoms with Gasteiger partial charge in [-0.1, -0.05) is 42.0 Å². The van der Waals surface area contributed by atoms with Gasteiger partial charge in [0.2, 0.25) is 0 Å². The van der Waals surface area contributed by atoms with Crippen molar-refractivity contribution in [2.45, 2.75) is 31.3 Å². The lowest BCUT2D eigenvalue weighted by Crippen LogP contribution is -2.23. The molecule has 1 aliphatic heterocycles. The Labute approximate surface area is 170 Å². The first-order chi connectivity index (χ1) is 13.8. The molecule has 150 valence electrons. The van der Waals surface area contributed by atoms with Crippen molar-refractivity contribution in [3.05, 3.63) is 83.2 Å². The van der Waals surface area contributed by atoms with Gasteiger partial charge in [0, 0.05) is 17.5 Å². The number of hydrogen-bond donors (Lipinski definition) is 0. The van der Waals surface area contributed by atoms with Gasteiger partial charge in [0.1, 0.15) is 24.3 Å². The van der Waals surface area contributed by atoms with E-state index in [0.29, 0.717) is 11.3 Å². The highest BCUT2D eigenvalue weighted by molar-refractivity contribution is 7.86. The highest BCUT2D eigenvalue weighted by Crippen LogP contribution is 2.41. The Balaban J connectivity index is 1.55. The van der Waals surface area contributed by atoms with Crippen LogP contribution in [0.3, 0.4) is 0 Å². The molecule has 1 unspecified atom stereocenters. The molecule has 0 spiro atoms. The number of hydrogen-bond acceptors (Lipinski definition) is 4. The van der Waals surface area contributed by atoms with Gasteiger partial charge in [-0.05, 0) is 49.2 Å². The van der Waals surface area contributed by atoms with Gasteiger partial charge in [0.05, 0.1) is 4.90 Å². The smallest absolute Gasteiger partial charge is 0.297 e. The maximum atomic E-state index is 14.4. The van der Waals surface area contributed by atoms with Crippen molar-refractivity contribution >= 4 is 10.1 Å². The summed E-state index contributed by atoms with van der Waals surface area (Å²) >= 11 is 0. The fourth-order valence-corrected chi connectivity index (χ4v) is 4.42. The summed E-state index contributed by atoms with van der Waals surface area (Å²) in [4.78, 5) is 0.0883. The zero-order valence-electron chi connectivity index (χ0n) is 16.2. The van der Waals surface area contributed by atoms with Gasteiger partial charge in [0.15, 0.2) is 0 Å². The predicted octanol–water partition coefficient (Wildman–Crippen LogP) is 4.82. The molecule has 4 rings (SSSR count). The van der Waals surface area contributed by atoms with E-state index in [9.17, 15) is 12.8 Å². The molecule has 0 N–H and O–H groups in total. The first-order valence-electron chi connectivity index (χ1n) is 9.35. The second kappa shape index (κ2) is 7.61. The summed E-state index contributed by atoms with van der Waals surface area (Å²) < 4.78 is 50.4. The lowest BCUT2D eigenvalue weighted by molar-refractivity contribution is 0.152. The zero-order valence-corrected chi connectivity index (χ0v) is 17.0. The topological polar surface area (TPSA) is 52.6 Å². The highest BCUT2D eigenvalue weighted by Gasteiger charge is 2.31. The molecule has 3 aromatic rings. The van der Waals surface area contributed by atoms with Crippen molar-refractivity contribution < 1.29 is 21.7 Å². The van der Waals surface area contributed by atoms with Crippen LogP contribution >= 0.6 is 0 Å². The molecule has 6 heteroatoms. The summed E-state index contributed by atoms with van der Waals surface area (Å²) in [6, 6.07) is 17.4. The maximum Gasteiger partial charge on any atom is 0.297 e. The van der Waals surface area contributed by atoms with E-state index in [-0.39, 0.29) is 23.7 Å². The van der Waals surface area contributed by atoms with Crippen LogP contribution in [0.4, 0.5) is 4.39 Å². The van der Waals surface area contributed by atoms with Crippen molar-refractivity contribution in [1.29, 1.82) is 0 Å². The van der Waals surface area contributed by atoms with Crippen LogP contribution in [0.15, 0.2) is 65.6 Å². The van der Waals surface area contributed by atoms with Gasteiger partial charge >= 0.3 is 0 Å². The summed E-state index contributed by atoms with van der Waals surface area (Å²) in [6.07, 6.45) is -0.325. The number of ether oxygens (including phenoxy) is 1. The first kappa shape index (κ1) is 19.6. The molecule has 1 aliphatic rings. The molecule has 0 radical (unpaired) electrons. The van der Waals surface area contributed by atoms with Gasteiger partial charge in [-0.25, -0.2) is 4.39 Å². The van der Waals surface area contributed by atoms with E-state index >= 15 is 0 Å². The van der Waals surface area contributed by atoms with Crippen molar-refractivity contribution in [2.75, 3.05) is 6.61 Å². The molecule has 0 aliphatic carbocycles. The molecule has 29 heavy (non-hydrogen) atoms. The molecule has 0 amide bonds. The van der Waals surface area contributed by atoms with E-state index in [1.54, 1.807) is 18.2 Å². The maximum absolute atomic E-state index is 14.4. The summed E-state index contributed by atoms with van der Waals surface area (Å²) in [5, 5.41) is 0. The lowest BCUT2D eigenvalue weighted by atomic mass is 9.97. The van der Waals surface area contributed by atoms with Crippen LogP contribution in [0.25, 0.3) is 11.1 Å². The number of aryl methyl sites for hydroxylation is 2. The first-order valence-corrected chi connectivity index (χ1v) is 10.8. The Morgan fingerprint density at radius 1 is 1.00 bits per heavy atom. The normalized spacial score (nSPS) is 15.8. The van der Waals surface area contributed by atoms with Crippen LogP contribution < -0.4 is 4.74 Å². The molecule has 0 saturated carbocycles. The summed E-state index contributed by atoms with van der Waals surface area (Å²) in [7, 11) is -3.90. The van der Waals surface area contributed by atoms with Gasteiger partial charge in [-0.15, -0.1) is 0 Å². The van der Waals surface area contributed by atoms with E-state index in [1.165, 1.54) is 18.2 Å². The largest absolute Gasteiger partial charge is 0.487 e. The fourth-order valence-electron chi connectivity index (χ4n) is 3.48. The van der Waals surface area contributed by atoms with Crippen molar-refractivity contribution in [1.82, 2.24) is 0 Å². The highest BCUT2D eigenvalue weighted by atomic mass is 32.2. The van der Waals surface area contributed by atoms with Crippen molar-refractivity contribution in [2.24, 2.45) is 0 Å². The second-order valence-corrected chi connectivity index (χ2v) is 8.83. The summed E-state index contributed by atoms with van der Waals surface area (Å²) in [6.45, 7) is 3.67. The standard InChI is InChI=1S/C23H21FO4S/c1-15-7-9-18(10-8-15)29(25,26)27-14-17-13-21-22(24)12-11-20(23(21)28-17)19-6-4-3-5-16(19)2/h3-12,17H,13-14H2,1-2H3. The Hall–Kier alpha value is -2.70. The minimum Gasteiger partial charge on any atom is -0.487 e. The Kier molecular flexibility index (Phi) is 5.15. The predicted molar refractivity (Wildman–Crippen MR) is 109 cm³/mol. The molecule has 1 heterocycles. The summed E-state index contributed by atoms with van der Waals surface area (Å²) in [5.74, 6) is 0.0989. The molecule has 3 aromatic carbocycles.